The first-order valence-electron chi connectivity index (χ1n) is 9.02. The number of sulfone groups is 1. The summed E-state index contributed by atoms with van der Waals surface area (Å²) in [6.45, 7) is 4.37. The third-order valence-corrected chi connectivity index (χ3v) is 7.06. The lowest BCUT2D eigenvalue weighted by Gasteiger charge is -2.27. The Morgan fingerprint density at radius 3 is 2.81 bits per heavy atom. The van der Waals surface area contributed by atoms with Crippen LogP contribution in [0, 0.1) is 6.92 Å². The maximum Gasteiger partial charge on any atom is 0.276 e. The minimum absolute atomic E-state index is 0.0290. The first-order valence-corrected chi connectivity index (χ1v) is 11.6. The van der Waals surface area contributed by atoms with Gasteiger partial charge in [0.05, 0.1) is 22.9 Å². The van der Waals surface area contributed by atoms with Crippen molar-refractivity contribution in [3.05, 3.63) is 40.1 Å². The Bertz CT molecular complexity index is 942. The summed E-state index contributed by atoms with van der Waals surface area (Å²) >= 11 is 3.43. The molecule has 0 N–H and O–H groups in total. The van der Waals surface area contributed by atoms with Crippen LogP contribution in [0.15, 0.2) is 28.7 Å². The van der Waals surface area contributed by atoms with E-state index in [1.165, 1.54) is 0 Å². The Labute approximate surface area is 167 Å². The van der Waals surface area contributed by atoms with E-state index in [1.54, 1.807) is 16.5 Å². The molecule has 7 nitrogen and oxygen atoms in total. The maximum atomic E-state index is 13.2. The van der Waals surface area contributed by atoms with Gasteiger partial charge in [0.25, 0.3) is 5.91 Å². The van der Waals surface area contributed by atoms with Crippen LogP contribution in [0.2, 0.25) is 0 Å². The second-order valence-electron chi connectivity index (χ2n) is 6.82. The first kappa shape index (κ1) is 20.0. The van der Waals surface area contributed by atoms with E-state index in [4.69, 9.17) is 0 Å². The van der Waals surface area contributed by atoms with Crippen LogP contribution in [0.4, 0.5) is 0 Å². The van der Waals surface area contributed by atoms with Crippen molar-refractivity contribution < 1.29 is 13.2 Å². The molecule has 9 heteroatoms. The fourth-order valence-electron chi connectivity index (χ4n) is 3.32. The molecule has 2 heterocycles. The van der Waals surface area contributed by atoms with Crippen LogP contribution < -0.4 is 0 Å². The Morgan fingerprint density at radius 2 is 2.19 bits per heavy atom. The minimum atomic E-state index is -3.07. The van der Waals surface area contributed by atoms with Crippen molar-refractivity contribution >= 4 is 31.7 Å². The van der Waals surface area contributed by atoms with E-state index in [0.29, 0.717) is 18.7 Å². The summed E-state index contributed by atoms with van der Waals surface area (Å²) in [5.41, 5.74) is 1.72. The van der Waals surface area contributed by atoms with E-state index < -0.39 is 9.84 Å². The molecule has 1 aromatic heterocycles. The molecule has 1 aliphatic heterocycles. The smallest absolute Gasteiger partial charge is 0.276 e. The lowest BCUT2D eigenvalue weighted by molar-refractivity contribution is 0.0687. The molecule has 0 saturated carbocycles. The zero-order valence-corrected chi connectivity index (χ0v) is 17.8. The van der Waals surface area contributed by atoms with Gasteiger partial charge < -0.3 is 4.90 Å². The van der Waals surface area contributed by atoms with Gasteiger partial charge in [-0.05, 0) is 38.0 Å². The van der Waals surface area contributed by atoms with E-state index >= 15 is 0 Å². The zero-order chi connectivity index (χ0) is 19.6. The number of hydrogen-bond donors (Lipinski definition) is 0. The number of benzene rings is 1. The van der Waals surface area contributed by atoms with Crippen LogP contribution in [0.25, 0.3) is 5.69 Å². The highest BCUT2D eigenvalue weighted by molar-refractivity contribution is 9.10. The van der Waals surface area contributed by atoms with Gasteiger partial charge in [-0.3, -0.25) is 4.79 Å². The van der Waals surface area contributed by atoms with Crippen molar-refractivity contribution in [2.45, 2.75) is 39.2 Å². The molecule has 2 aromatic rings. The first-order chi connectivity index (χ1) is 12.8. The SMILES string of the molecule is CCCCN(C(=O)c1nnn(-c2cccc(Br)c2)c1C)C1CCS(=O)(=O)C1. The van der Waals surface area contributed by atoms with Gasteiger partial charge in [0.1, 0.15) is 0 Å². The molecule has 0 radical (unpaired) electrons. The van der Waals surface area contributed by atoms with Crippen LogP contribution in [-0.2, 0) is 9.84 Å². The van der Waals surface area contributed by atoms with Gasteiger partial charge in [-0.2, -0.15) is 0 Å². The molecule has 0 bridgehead atoms. The van der Waals surface area contributed by atoms with E-state index in [9.17, 15) is 13.2 Å². The fraction of sp³-hybridized carbons (Fsp3) is 0.500. The van der Waals surface area contributed by atoms with Crippen LogP contribution in [0.1, 0.15) is 42.4 Å². The molecular weight excluding hydrogens is 432 g/mol. The monoisotopic (exact) mass is 454 g/mol. The van der Waals surface area contributed by atoms with Crippen molar-refractivity contribution in [2.24, 2.45) is 0 Å². The van der Waals surface area contributed by atoms with E-state index in [1.807, 2.05) is 31.2 Å². The van der Waals surface area contributed by atoms with E-state index in [0.717, 1.165) is 23.0 Å². The average Bonchev–Trinajstić information content (AvgIpc) is 3.17. The summed E-state index contributed by atoms with van der Waals surface area (Å²) < 4.78 is 26.3. The maximum absolute atomic E-state index is 13.2. The normalized spacial score (nSPS) is 18.6. The summed E-state index contributed by atoms with van der Waals surface area (Å²) in [7, 11) is -3.07. The van der Waals surface area contributed by atoms with Crippen LogP contribution in [-0.4, -0.2) is 58.3 Å². The highest BCUT2D eigenvalue weighted by Crippen LogP contribution is 2.22. The number of carbonyl (C=O) groups excluding carboxylic acids is 1. The molecule has 0 spiro atoms. The lowest BCUT2D eigenvalue weighted by atomic mass is 10.1. The predicted octanol–water partition coefficient (Wildman–Crippen LogP) is 2.77. The van der Waals surface area contributed by atoms with Gasteiger partial charge in [0.2, 0.25) is 0 Å². The summed E-state index contributed by atoms with van der Waals surface area (Å²) in [5.74, 6) is -0.0808. The molecule has 1 saturated heterocycles. The highest BCUT2D eigenvalue weighted by atomic mass is 79.9. The third kappa shape index (κ3) is 4.40. The standard InChI is InChI=1S/C18H23BrN4O3S/c1-3-4-9-22(16-8-10-27(25,26)12-16)18(24)17-13(2)23(21-20-17)15-7-5-6-14(19)11-15/h5-7,11,16H,3-4,8-10,12H2,1-2H3. The number of carbonyl (C=O) groups is 1. The summed E-state index contributed by atoms with van der Waals surface area (Å²) in [6.07, 6.45) is 2.23. The molecule has 1 aliphatic rings. The van der Waals surface area contributed by atoms with Gasteiger partial charge >= 0.3 is 0 Å². The Hall–Kier alpha value is -1.74. The molecule has 0 aliphatic carbocycles. The number of unbranched alkanes of at least 4 members (excludes halogenated alkanes) is 1. The molecular formula is C18H23BrN4O3S. The van der Waals surface area contributed by atoms with Crippen LogP contribution in [0.5, 0.6) is 0 Å². The number of nitrogens with zero attached hydrogens (tertiary/aromatic N) is 4. The van der Waals surface area contributed by atoms with Gasteiger partial charge in [-0.1, -0.05) is 40.6 Å². The number of hydrogen-bond acceptors (Lipinski definition) is 5. The van der Waals surface area contributed by atoms with Crippen LogP contribution in [0.3, 0.4) is 0 Å². The Kier molecular flexibility index (Phi) is 6.00. The molecule has 1 fully saturated rings. The van der Waals surface area contributed by atoms with Crippen molar-refractivity contribution in [3.8, 4) is 5.69 Å². The molecule has 1 atom stereocenters. The summed E-state index contributed by atoms with van der Waals surface area (Å²) in [4.78, 5) is 14.9. The van der Waals surface area contributed by atoms with E-state index in [-0.39, 0.29) is 29.1 Å². The van der Waals surface area contributed by atoms with Crippen molar-refractivity contribution in [2.75, 3.05) is 18.1 Å². The van der Waals surface area contributed by atoms with Gasteiger partial charge in [0, 0.05) is 17.1 Å². The van der Waals surface area contributed by atoms with Crippen molar-refractivity contribution in [1.82, 2.24) is 19.9 Å². The second-order valence-corrected chi connectivity index (χ2v) is 9.97. The fourth-order valence-corrected chi connectivity index (χ4v) is 5.43. The quantitative estimate of drug-likeness (QED) is 0.669. The molecule has 3 rings (SSSR count). The van der Waals surface area contributed by atoms with Gasteiger partial charge in [0.15, 0.2) is 15.5 Å². The largest absolute Gasteiger partial charge is 0.333 e. The molecule has 27 heavy (non-hydrogen) atoms. The number of halogens is 1. The van der Waals surface area contributed by atoms with Crippen molar-refractivity contribution in [1.29, 1.82) is 0 Å². The molecule has 1 amide bonds. The minimum Gasteiger partial charge on any atom is -0.333 e. The topological polar surface area (TPSA) is 85.2 Å². The second kappa shape index (κ2) is 8.10. The lowest BCUT2D eigenvalue weighted by Crippen LogP contribution is -2.42. The van der Waals surface area contributed by atoms with E-state index in [2.05, 4.69) is 26.2 Å². The molecule has 1 unspecified atom stereocenters. The summed E-state index contributed by atoms with van der Waals surface area (Å²) in [6, 6.07) is 7.30. The number of rotatable bonds is 6. The van der Waals surface area contributed by atoms with Gasteiger partial charge in [-0.15, -0.1) is 5.10 Å². The molecule has 146 valence electrons. The average molecular weight is 455 g/mol. The summed E-state index contributed by atoms with van der Waals surface area (Å²) in [5, 5.41) is 8.26. The Balaban J connectivity index is 1.90. The third-order valence-electron chi connectivity index (χ3n) is 4.81. The Morgan fingerprint density at radius 1 is 1.41 bits per heavy atom. The van der Waals surface area contributed by atoms with Crippen molar-refractivity contribution in [3.63, 3.8) is 0 Å². The van der Waals surface area contributed by atoms with Crippen LogP contribution >= 0.6 is 15.9 Å². The predicted molar refractivity (Wildman–Crippen MR) is 107 cm³/mol. The molecule has 1 aromatic carbocycles. The number of aromatic nitrogens is 3. The van der Waals surface area contributed by atoms with Gasteiger partial charge in [-0.25, -0.2) is 13.1 Å². The zero-order valence-electron chi connectivity index (χ0n) is 15.4. The number of amides is 1. The highest BCUT2D eigenvalue weighted by Gasteiger charge is 2.36.